The van der Waals surface area contributed by atoms with Gasteiger partial charge in [0.1, 0.15) is 5.75 Å². The second-order valence-corrected chi connectivity index (χ2v) is 4.94. The second-order valence-electron chi connectivity index (χ2n) is 4.53. The van der Waals surface area contributed by atoms with Gasteiger partial charge in [0.25, 0.3) is 0 Å². The van der Waals surface area contributed by atoms with Crippen molar-refractivity contribution in [3.63, 3.8) is 0 Å². The molecular formula is C14H18ClNO5. The Hall–Kier alpha value is -1.79. The predicted molar refractivity (Wildman–Crippen MR) is 77.6 cm³/mol. The monoisotopic (exact) mass is 315 g/mol. The first kappa shape index (κ1) is 17.3. The first-order chi connectivity index (χ1) is 9.90. The fourth-order valence-corrected chi connectivity index (χ4v) is 2.03. The number of carboxylic acids is 1. The number of halogens is 1. The Bertz CT molecular complexity index is 520. The van der Waals surface area contributed by atoms with Gasteiger partial charge in [-0.25, -0.2) is 4.79 Å². The lowest BCUT2D eigenvalue weighted by molar-refractivity contribution is -0.142. The molecule has 6 nitrogen and oxygen atoms in total. The molecule has 1 aromatic rings. The Labute approximate surface area is 128 Å². The topological polar surface area (TPSA) is 84.9 Å². The molecule has 0 saturated carbocycles. The molecule has 1 aromatic carbocycles. The first-order valence-electron chi connectivity index (χ1n) is 6.26. The maximum absolute atomic E-state index is 11.9. The number of benzene rings is 1. The van der Waals surface area contributed by atoms with Crippen LogP contribution in [0.1, 0.15) is 18.5 Å². The van der Waals surface area contributed by atoms with Crippen LogP contribution in [-0.4, -0.2) is 37.8 Å². The van der Waals surface area contributed by atoms with E-state index in [4.69, 9.17) is 21.1 Å². The van der Waals surface area contributed by atoms with Gasteiger partial charge in [-0.1, -0.05) is 24.6 Å². The van der Waals surface area contributed by atoms with Crippen LogP contribution in [0.15, 0.2) is 18.2 Å². The number of carbonyl (C=O) groups excluding carboxylic acids is 1. The number of nitrogens with one attached hydrogen (secondary N) is 1. The van der Waals surface area contributed by atoms with Gasteiger partial charge in [0.2, 0.25) is 5.91 Å². The summed E-state index contributed by atoms with van der Waals surface area (Å²) >= 11 is 5.98. The van der Waals surface area contributed by atoms with Crippen LogP contribution in [0.25, 0.3) is 0 Å². The third kappa shape index (κ3) is 4.61. The van der Waals surface area contributed by atoms with Crippen LogP contribution >= 0.6 is 11.6 Å². The van der Waals surface area contributed by atoms with Crippen molar-refractivity contribution >= 4 is 23.5 Å². The van der Waals surface area contributed by atoms with E-state index in [2.05, 4.69) is 5.32 Å². The summed E-state index contributed by atoms with van der Waals surface area (Å²) < 4.78 is 9.88. The molecule has 1 rings (SSSR count). The molecule has 116 valence electrons. The summed E-state index contributed by atoms with van der Waals surface area (Å²) in [5.74, 6) is -1.60. The molecule has 21 heavy (non-hydrogen) atoms. The van der Waals surface area contributed by atoms with Gasteiger partial charge in [0, 0.05) is 7.11 Å². The highest BCUT2D eigenvalue weighted by molar-refractivity contribution is 6.32. The number of carboxylic acid groups (broad SMARTS) is 1. The van der Waals surface area contributed by atoms with Crippen LogP contribution in [0.5, 0.6) is 5.75 Å². The number of methoxy groups -OCH3 is 2. The number of aliphatic carboxylic acids is 1. The zero-order valence-electron chi connectivity index (χ0n) is 12.1. The fourth-order valence-electron chi connectivity index (χ4n) is 1.76. The molecule has 0 aliphatic heterocycles. The van der Waals surface area contributed by atoms with Gasteiger partial charge in [-0.3, -0.25) is 4.79 Å². The molecule has 0 bridgehead atoms. The number of carbonyl (C=O) groups is 2. The normalized spacial score (nSPS) is 13.3. The lowest BCUT2D eigenvalue weighted by Gasteiger charge is -2.18. The number of hydrogen-bond donors (Lipinski definition) is 2. The highest BCUT2D eigenvalue weighted by Crippen LogP contribution is 2.27. The molecule has 0 aliphatic carbocycles. The van der Waals surface area contributed by atoms with Crippen LogP contribution in [0.4, 0.5) is 0 Å². The zero-order chi connectivity index (χ0) is 16.0. The summed E-state index contributed by atoms with van der Waals surface area (Å²) in [6, 6.07) is 3.38. The van der Waals surface area contributed by atoms with E-state index >= 15 is 0 Å². The smallest absolute Gasteiger partial charge is 0.330 e. The number of amides is 1. The molecular weight excluding hydrogens is 298 g/mol. The lowest BCUT2D eigenvalue weighted by atomic mass is 10.1. The van der Waals surface area contributed by atoms with E-state index in [1.54, 1.807) is 19.1 Å². The average molecular weight is 316 g/mol. The summed E-state index contributed by atoms with van der Waals surface area (Å²) in [7, 11) is 2.94. The Morgan fingerprint density at radius 2 is 2.05 bits per heavy atom. The van der Waals surface area contributed by atoms with E-state index in [1.807, 2.05) is 0 Å². The van der Waals surface area contributed by atoms with Crippen molar-refractivity contribution in [3.05, 3.63) is 28.8 Å². The van der Waals surface area contributed by atoms with Gasteiger partial charge in [0.15, 0.2) is 6.04 Å². The molecule has 7 heteroatoms. The Balaban J connectivity index is 2.95. The number of rotatable bonds is 7. The van der Waals surface area contributed by atoms with Crippen molar-refractivity contribution in [1.82, 2.24) is 5.32 Å². The molecule has 0 radical (unpaired) electrons. The fraction of sp³-hybridized carbons (Fsp3) is 0.429. The summed E-state index contributed by atoms with van der Waals surface area (Å²) in [6.45, 7) is 1.86. The van der Waals surface area contributed by atoms with Crippen molar-refractivity contribution in [1.29, 1.82) is 0 Å². The number of ether oxygens (including phenoxy) is 2. The molecule has 0 fully saturated rings. The van der Waals surface area contributed by atoms with Crippen molar-refractivity contribution in [2.75, 3.05) is 20.8 Å². The van der Waals surface area contributed by atoms with Crippen LogP contribution in [0.3, 0.4) is 0 Å². The van der Waals surface area contributed by atoms with Gasteiger partial charge in [0.05, 0.1) is 24.7 Å². The van der Waals surface area contributed by atoms with Crippen molar-refractivity contribution in [3.8, 4) is 5.75 Å². The van der Waals surface area contributed by atoms with Crippen LogP contribution in [0.2, 0.25) is 5.02 Å². The summed E-state index contributed by atoms with van der Waals surface area (Å²) in [5.41, 5.74) is 0.367. The standard InChI is InChI=1S/C14H18ClNO5/c1-8(7-20-2)13(17)16-12(14(18)19)9-4-5-11(21-3)10(15)6-9/h4-6,8,12H,7H2,1-3H3,(H,16,17)(H,18,19). The average Bonchev–Trinajstić information content (AvgIpc) is 2.44. The summed E-state index contributed by atoms with van der Waals surface area (Å²) in [6.07, 6.45) is 0. The number of hydrogen-bond acceptors (Lipinski definition) is 4. The summed E-state index contributed by atoms with van der Waals surface area (Å²) in [5, 5.41) is 12.0. The minimum absolute atomic E-state index is 0.210. The van der Waals surface area contributed by atoms with E-state index in [9.17, 15) is 14.7 Å². The third-order valence-corrected chi connectivity index (χ3v) is 3.20. The zero-order valence-corrected chi connectivity index (χ0v) is 12.8. The van der Waals surface area contributed by atoms with Crippen LogP contribution in [-0.2, 0) is 14.3 Å². The van der Waals surface area contributed by atoms with Crippen LogP contribution in [0, 0.1) is 5.92 Å². The molecule has 2 unspecified atom stereocenters. The molecule has 0 saturated heterocycles. The second kappa shape index (κ2) is 7.85. The van der Waals surface area contributed by atoms with Crippen molar-refractivity contribution < 1.29 is 24.2 Å². The minimum atomic E-state index is -1.18. The third-order valence-electron chi connectivity index (χ3n) is 2.91. The van der Waals surface area contributed by atoms with Gasteiger partial charge in [-0.2, -0.15) is 0 Å². The Morgan fingerprint density at radius 3 is 2.52 bits per heavy atom. The van der Waals surface area contributed by atoms with Gasteiger partial charge < -0.3 is 19.9 Å². The molecule has 0 spiro atoms. The molecule has 0 aliphatic rings. The molecule has 2 N–H and O–H groups in total. The SMILES string of the molecule is COCC(C)C(=O)NC(C(=O)O)c1ccc(OC)c(Cl)c1. The highest BCUT2D eigenvalue weighted by atomic mass is 35.5. The lowest BCUT2D eigenvalue weighted by Crippen LogP contribution is -2.38. The maximum atomic E-state index is 11.9. The Morgan fingerprint density at radius 1 is 1.38 bits per heavy atom. The van der Waals surface area contributed by atoms with Gasteiger partial charge in [-0.15, -0.1) is 0 Å². The van der Waals surface area contributed by atoms with Crippen molar-refractivity contribution in [2.24, 2.45) is 5.92 Å². The van der Waals surface area contributed by atoms with Crippen LogP contribution < -0.4 is 10.1 Å². The highest BCUT2D eigenvalue weighted by Gasteiger charge is 2.25. The minimum Gasteiger partial charge on any atom is -0.495 e. The van der Waals surface area contributed by atoms with E-state index in [0.29, 0.717) is 11.3 Å². The van der Waals surface area contributed by atoms with E-state index in [-0.39, 0.29) is 11.6 Å². The van der Waals surface area contributed by atoms with E-state index in [1.165, 1.54) is 20.3 Å². The molecule has 2 atom stereocenters. The van der Waals surface area contributed by atoms with Gasteiger partial charge >= 0.3 is 5.97 Å². The Kier molecular flexibility index (Phi) is 6.45. The largest absolute Gasteiger partial charge is 0.495 e. The molecule has 1 amide bonds. The molecule has 0 heterocycles. The van der Waals surface area contributed by atoms with Crippen molar-refractivity contribution in [2.45, 2.75) is 13.0 Å². The summed E-state index contributed by atoms with van der Waals surface area (Å²) in [4.78, 5) is 23.3. The molecule has 0 aromatic heterocycles. The predicted octanol–water partition coefficient (Wildman–Crippen LogP) is 1.87. The quantitative estimate of drug-likeness (QED) is 0.802. The maximum Gasteiger partial charge on any atom is 0.330 e. The van der Waals surface area contributed by atoms with E-state index in [0.717, 1.165) is 0 Å². The van der Waals surface area contributed by atoms with Gasteiger partial charge in [-0.05, 0) is 17.7 Å². The van der Waals surface area contributed by atoms with E-state index < -0.39 is 23.8 Å². The first-order valence-corrected chi connectivity index (χ1v) is 6.64.